The fraction of sp³-hybridized carbons (Fsp3) is 0.500. The Balaban J connectivity index is 1.82. The molecule has 1 heterocycles. The summed E-state index contributed by atoms with van der Waals surface area (Å²) in [6.45, 7) is 1.85. The van der Waals surface area contributed by atoms with Crippen LogP contribution in [0.3, 0.4) is 0 Å². The van der Waals surface area contributed by atoms with Crippen molar-refractivity contribution in [3.05, 3.63) is 29.8 Å². The summed E-state index contributed by atoms with van der Waals surface area (Å²) in [4.78, 5) is 11.9. The van der Waals surface area contributed by atoms with Gasteiger partial charge in [-0.25, -0.2) is 0 Å². The number of benzene rings is 1. The van der Waals surface area contributed by atoms with Crippen molar-refractivity contribution in [2.75, 3.05) is 20.2 Å². The lowest BCUT2D eigenvalue weighted by atomic mass is 9.97. The first-order valence-electron chi connectivity index (χ1n) is 6.16. The second kappa shape index (κ2) is 5.82. The van der Waals surface area contributed by atoms with Crippen LogP contribution in [0.2, 0.25) is 0 Å². The summed E-state index contributed by atoms with van der Waals surface area (Å²) in [5, 5.41) is 3.23. The summed E-state index contributed by atoms with van der Waals surface area (Å²) in [5.41, 5.74) is 1.20. The van der Waals surface area contributed by atoms with E-state index in [2.05, 4.69) is 5.32 Å². The first kappa shape index (κ1) is 12.1. The molecule has 1 aliphatic rings. The summed E-state index contributed by atoms with van der Waals surface area (Å²) >= 11 is 0. The summed E-state index contributed by atoms with van der Waals surface area (Å²) in [5.74, 6) is 1.50. The molecule has 1 aliphatic heterocycles. The van der Waals surface area contributed by atoms with E-state index in [1.165, 1.54) is 5.56 Å². The van der Waals surface area contributed by atoms with Gasteiger partial charge in [-0.1, -0.05) is 12.1 Å². The Morgan fingerprint density at radius 2 is 2.18 bits per heavy atom. The minimum atomic E-state index is 0.244. The summed E-state index contributed by atoms with van der Waals surface area (Å²) in [6.07, 6.45) is 2.49. The smallest absolute Gasteiger partial charge is 0.137 e. The van der Waals surface area contributed by atoms with E-state index in [1.807, 2.05) is 24.3 Å². The largest absolute Gasteiger partial charge is 0.497 e. The summed E-state index contributed by atoms with van der Waals surface area (Å²) in [6, 6.07) is 7.94. The van der Waals surface area contributed by atoms with Crippen LogP contribution in [0.15, 0.2) is 24.3 Å². The highest BCUT2D eigenvalue weighted by Gasteiger charge is 2.21. The van der Waals surface area contributed by atoms with Crippen LogP contribution in [-0.2, 0) is 11.2 Å². The molecule has 1 unspecified atom stereocenters. The topological polar surface area (TPSA) is 38.3 Å². The van der Waals surface area contributed by atoms with Crippen LogP contribution in [0.25, 0.3) is 0 Å². The predicted octanol–water partition coefficient (Wildman–Crippen LogP) is 1.81. The number of carbonyl (C=O) groups excluding carboxylic acids is 1. The number of ketones is 1. The van der Waals surface area contributed by atoms with Crippen molar-refractivity contribution in [2.45, 2.75) is 19.3 Å². The molecule has 1 fully saturated rings. The zero-order valence-electron chi connectivity index (χ0n) is 10.2. The third-order valence-corrected chi connectivity index (χ3v) is 3.33. The van der Waals surface area contributed by atoms with E-state index in [-0.39, 0.29) is 5.92 Å². The maximum atomic E-state index is 11.9. The Hall–Kier alpha value is -1.35. The quantitative estimate of drug-likeness (QED) is 0.843. The van der Waals surface area contributed by atoms with Gasteiger partial charge in [-0.2, -0.15) is 0 Å². The van der Waals surface area contributed by atoms with Crippen molar-refractivity contribution < 1.29 is 9.53 Å². The molecule has 1 atom stereocenters. The van der Waals surface area contributed by atoms with Gasteiger partial charge in [0.25, 0.3) is 0 Å². The first-order chi connectivity index (χ1) is 8.29. The van der Waals surface area contributed by atoms with Crippen molar-refractivity contribution in [1.82, 2.24) is 5.32 Å². The van der Waals surface area contributed by atoms with Crippen molar-refractivity contribution >= 4 is 5.78 Å². The minimum absolute atomic E-state index is 0.244. The number of rotatable bonds is 5. The van der Waals surface area contributed by atoms with Gasteiger partial charge in [0.1, 0.15) is 11.5 Å². The number of hydrogen-bond acceptors (Lipinski definition) is 3. The molecule has 1 aromatic rings. The van der Waals surface area contributed by atoms with Crippen LogP contribution >= 0.6 is 0 Å². The monoisotopic (exact) mass is 233 g/mol. The third-order valence-electron chi connectivity index (χ3n) is 3.33. The highest BCUT2D eigenvalue weighted by Crippen LogP contribution is 2.15. The average molecular weight is 233 g/mol. The van der Waals surface area contributed by atoms with Crippen LogP contribution in [0, 0.1) is 5.92 Å². The molecule has 0 amide bonds. The molecule has 1 N–H and O–H groups in total. The predicted molar refractivity (Wildman–Crippen MR) is 67.3 cm³/mol. The number of carbonyl (C=O) groups is 1. The third kappa shape index (κ3) is 3.30. The van der Waals surface area contributed by atoms with Gasteiger partial charge < -0.3 is 10.1 Å². The van der Waals surface area contributed by atoms with Crippen molar-refractivity contribution in [3.8, 4) is 5.75 Å². The molecule has 92 valence electrons. The average Bonchev–Trinajstić information content (AvgIpc) is 2.90. The van der Waals surface area contributed by atoms with E-state index in [0.29, 0.717) is 12.2 Å². The highest BCUT2D eigenvalue weighted by molar-refractivity contribution is 5.81. The molecular weight excluding hydrogens is 214 g/mol. The van der Waals surface area contributed by atoms with E-state index in [0.717, 1.165) is 31.7 Å². The zero-order valence-corrected chi connectivity index (χ0v) is 10.2. The summed E-state index contributed by atoms with van der Waals surface area (Å²) < 4.78 is 5.10. The van der Waals surface area contributed by atoms with E-state index in [9.17, 15) is 4.79 Å². The number of nitrogens with one attached hydrogen (secondary N) is 1. The maximum Gasteiger partial charge on any atom is 0.137 e. The molecule has 0 spiro atoms. The Labute approximate surface area is 102 Å². The standard InChI is InChI=1S/C14H19NO2/c1-17-13-5-2-11(3-6-13)4-7-14(16)12-8-9-15-10-12/h2-3,5-6,12,15H,4,7-10H2,1H3. The molecular formula is C14H19NO2. The number of hydrogen-bond donors (Lipinski definition) is 1. The van der Waals surface area contributed by atoms with Crippen molar-refractivity contribution in [1.29, 1.82) is 0 Å². The maximum absolute atomic E-state index is 11.9. The molecule has 0 saturated carbocycles. The van der Waals surface area contributed by atoms with Crippen LogP contribution in [0.1, 0.15) is 18.4 Å². The van der Waals surface area contributed by atoms with Crippen molar-refractivity contribution in [2.24, 2.45) is 5.92 Å². The Morgan fingerprint density at radius 3 is 2.76 bits per heavy atom. The van der Waals surface area contributed by atoms with Crippen LogP contribution < -0.4 is 10.1 Å². The number of methoxy groups -OCH3 is 1. The Morgan fingerprint density at radius 1 is 1.41 bits per heavy atom. The van der Waals surface area contributed by atoms with Gasteiger partial charge in [0.2, 0.25) is 0 Å². The van der Waals surface area contributed by atoms with E-state index < -0.39 is 0 Å². The molecule has 3 nitrogen and oxygen atoms in total. The van der Waals surface area contributed by atoms with E-state index >= 15 is 0 Å². The second-order valence-corrected chi connectivity index (χ2v) is 4.50. The van der Waals surface area contributed by atoms with Gasteiger partial charge in [-0.05, 0) is 37.1 Å². The van der Waals surface area contributed by atoms with E-state index in [4.69, 9.17) is 4.74 Å². The normalized spacial score (nSPS) is 19.2. The molecule has 17 heavy (non-hydrogen) atoms. The number of ether oxygens (including phenoxy) is 1. The van der Waals surface area contributed by atoms with Crippen molar-refractivity contribution in [3.63, 3.8) is 0 Å². The summed E-state index contributed by atoms with van der Waals surface area (Å²) in [7, 11) is 1.66. The van der Waals surface area contributed by atoms with Gasteiger partial charge in [0, 0.05) is 18.9 Å². The molecule has 0 radical (unpaired) electrons. The molecule has 1 saturated heterocycles. The van der Waals surface area contributed by atoms with Gasteiger partial charge in [-0.3, -0.25) is 4.79 Å². The fourth-order valence-electron chi connectivity index (χ4n) is 2.19. The second-order valence-electron chi connectivity index (χ2n) is 4.50. The van der Waals surface area contributed by atoms with Crippen LogP contribution in [0.4, 0.5) is 0 Å². The Kier molecular flexibility index (Phi) is 4.15. The molecule has 3 heteroatoms. The molecule has 0 aromatic heterocycles. The van der Waals surface area contributed by atoms with Gasteiger partial charge in [-0.15, -0.1) is 0 Å². The SMILES string of the molecule is COc1ccc(CCC(=O)C2CCNC2)cc1. The van der Waals surface area contributed by atoms with Gasteiger partial charge in [0.05, 0.1) is 7.11 Å². The van der Waals surface area contributed by atoms with Gasteiger partial charge >= 0.3 is 0 Å². The van der Waals surface area contributed by atoms with Crippen LogP contribution in [-0.4, -0.2) is 26.0 Å². The number of Topliss-reactive ketones (excluding diaryl/α,β-unsaturated/α-hetero) is 1. The lowest BCUT2D eigenvalue weighted by Gasteiger charge is -2.07. The lowest BCUT2D eigenvalue weighted by molar-refractivity contribution is -0.122. The molecule has 0 bridgehead atoms. The number of aryl methyl sites for hydroxylation is 1. The fourth-order valence-corrected chi connectivity index (χ4v) is 2.19. The zero-order chi connectivity index (χ0) is 12.1. The van der Waals surface area contributed by atoms with Crippen LogP contribution in [0.5, 0.6) is 5.75 Å². The lowest BCUT2D eigenvalue weighted by Crippen LogP contribution is -2.18. The minimum Gasteiger partial charge on any atom is -0.497 e. The van der Waals surface area contributed by atoms with E-state index in [1.54, 1.807) is 7.11 Å². The first-order valence-corrected chi connectivity index (χ1v) is 6.16. The molecule has 1 aromatic carbocycles. The molecule has 2 rings (SSSR count). The Bertz CT molecular complexity index is 366. The van der Waals surface area contributed by atoms with Gasteiger partial charge in [0.15, 0.2) is 0 Å². The highest BCUT2D eigenvalue weighted by atomic mass is 16.5. The molecule has 0 aliphatic carbocycles.